The van der Waals surface area contributed by atoms with Crippen LogP contribution in [0.25, 0.3) is 11.3 Å². The predicted octanol–water partition coefficient (Wildman–Crippen LogP) is 6.17. The fourth-order valence-electron chi connectivity index (χ4n) is 5.04. The zero-order valence-electron chi connectivity index (χ0n) is 19.8. The Morgan fingerprint density at radius 2 is 1.37 bits per heavy atom. The first-order valence-electron chi connectivity index (χ1n) is 12.4. The van der Waals surface area contributed by atoms with Gasteiger partial charge >= 0.3 is 0 Å². The van der Waals surface area contributed by atoms with Gasteiger partial charge in [-0.3, -0.25) is 4.68 Å². The van der Waals surface area contributed by atoms with Crippen molar-refractivity contribution in [2.75, 3.05) is 6.54 Å². The summed E-state index contributed by atoms with van der Waals surface area (Å²) in [6, 6.07) is 30.4. The zero-order valence-corrected chi connectivity index (χ0v) is 20.6. The summed E-state index contributed by atoms with van der Waals surface area (Å²) in [6.45, 7) is 0.333. The van der Waals surface area contributed by atoms with Gasteiger partial charge in [-0.1, -0.05) is 104 Å². The average Bonchev–Trinajstić information content (AvgIpc) is 3.59. The minimum absolute atomic E-state index is 0.106. The highest BCUT2D eigenvalue weighted by Gasteiger charge is 2.27. The molecular formula is C29H31N3O2S. The van der Waals surface area contributed by atoms with Gasteiger partial charge < -0.3 is 0 Å². The molecule has 0 spiro atoms. The van der Waals surface area contributed by atoms with Crippen LogP contribution >= 0.6 is 0 Å². The maximum Gasteiger partial charge on any atom is 0.244 e. The molecule has 1 N–H and O–H groups in total. The van der Waals surface area contributed by atoms with E-state index in [1.165, 1.54) is 11.1 Å². The highest BCUT2D eigenvalue weighted by Crippen LogP contribution is 2.33. The molecule has 35 heavy (non-hydrogen) atoms. The molecule has 5 nitrogen and oxygen atoms in total. The van der Waals surface area contributed by atoms with Crippen LogP contribution in [0, 0.1) is 0 Å². The Kier molecular flexibility index (Phi) is 7.11. The lowest BCUT2D eigenvalue weighted by Gasteiger charge is -2.18. The van der Waals surface area contributed by atoms with Gasteiger partial charge in [0.05, 0.1) is 6.04 Å². The second kappa shape index (κ2) is 10.6. The molecule has 0 amide bonds. The summed E-state index contributed by atoms with van der Waals surface area (Å²) < 4.78 is 31.8. The Hall–Kier alpha value is -3.22. The molecule has 0 atom stereocenters. The van der Waals surface area contributed by atoms with Crippen LogP contribution in [0.1, 0.15) is 55.2 Å². The molecule has 1 saturated carbocycles. The molecule has 1 aromatic heterocycles. The molecule has 0 radical (unpaired) electrons. The Labute approximate surface area is 207 Å². The molecule has 1 aliphatic carbocycles. The van der Waals surface area contributed by atoms with Gasteiger partial charge in [-0.05, 0) is 30.4 Å². The lowest BCUT2D eigenvalue weighted by atomic mass is 9.89. The number of rotatable bonds is 9. The summed E-state index contributed by atoms with van der Waals surface area (Å²) in [6.07, 6.45) is 6.78. The van der Waals surface area contributed by atoms with E-state index in [9.17, 15) is 8.42 Å². The second-order valence-electron chi connectivity index (χ2n) is 9.19. The number of hydrogen-bond acceptors (Lipinski definition) is 3. The van der Waals surface area contributed by atoms with Crippen molar-refractivity contribution in [3.63, 3.8) is 0 Å². The number of nitrogens with zero attached hydrogens (tertiary/aromatic N) is 2. The van der Waals surface area contributed by atoms with Crippen LogP contribution in [0.15, 0.2) is 102 Å². The van der Waals surface area contributed by atoms with Gasteiger partial charge in [0.25, 0.3) is 0 Å². The van der Waals surface area contributed by atoms with Gasteiger partial charge in [-0.2, -0.15) is 5.10 Å². The number of benzene rings is 3. The van der Waals surface area contributed by atoms with Crippen molar-refractivity contribution >= 4 is 10.0 Å². The smallest absolute Gasteiger partial charge is 0.244 e. The van der Waals surface area contributed by atoms with Gasteiger partial charge in [0.15, 0.2) is 0 Å². The van der Waals surface area contributed by atoms with Crippen LogP contribution in [-0.2, 0) is 10.0 Å². The van der Waals surface area contributed by atoms with Crippen molar-refractivity contribution in [3.05, 3.63) is 108 Å². The van der Waals surface area contributed by atoms with Crippen molar-refractivity contribution in [2.45, 2.75) is 49.0 Å². The van der Waals surface area contributed by atoms with E-state index < -0.39 is 10.0 Å². The molecular weight excluding hydrogens is 454 g/mol. The van der Waals surface area contributed by atoms with Crippen molar-refractivity contribution in [1.29, 1.82) is 0 Å². The van der Waals surface area contributed by atoms with E-state index in [1.54, 1.807) is 6.20 Å². The predicted molar refractivity (Wildman–Crippen MR) is 140 cm³/mol. The summed E-state index contributed by atoms with van der Waals surface area (Å²) in [5.74, 6) is 0.106. The Balaban J connectivity index is 1.39. The summed E-state index contributed by atoms with van der Waals surface area (Å²) in [5, 5.41) is 4.76. The van der Waals surface area contributed by atoms with Gasteiger partial charge in [0.2, 0.25) is 10.0 Å². The van der Waals surface area contributed by atoms with Gasteiger partial charge in [-0.25, -0.2) is 13.1 Å². The first-order valence-corrected chi connectivity index (χ1v) is 13.8. The molecule has 180 valence electrons. The summed E-state index contributed by atoms with van der Waals surface area (Å²) in [7, 11) is -3.74. The number of hydrogen-bond donors (Lipinski definition) is 1. The van der Waals surface area contributed by atoms with Crippen molar-refractivity contribution < 1.29 is 8.42 Å². The molecule has 4 aromatic rings. The van der Waals surface area contributed by atoms with Crippen LogP contribution in [0.2, 0.25) is 0 Å². The Bertz CT molecular complexity index is 1290. The maximum absolute atomic E-state index is 13.5. The van der Waals surface area contributed by atoms with Crippen molar-refractivity contribution in [3.8, 4) is 11.3 Å². The molecule has 0 unspecified atom stereocenters. The largest absolute Gasteiger partial charge is 0.268 e. The van der Waals surface area contributed by atoms with E-state index in [-0.39, 0.29) is 16.9 Å². The topological polar surface area (TPSA) is 64.0 Å². The molecule has 3 aromatic carbocycles. The number of nitrogens with one attached hydrogen (secondary N) is 1. The first-order chi connectivity index (χ1) is 17.1. The monoisotopic (exact) mass is 485 g/mol. The third-order valence-corrected chi connectivity index (χ3v) is 8.32. The lowest BCUT2D eigenvalue weighted by molar-refractivity contribution is 0.467. The fourth-order valence-corrected chi connectivity index (χ4v) is 6.24. The number of aromatic nitrogens is 2. The Morgan fingerprint density at radius 3 is 1.94 bits per heavy atom. The molecule has 6 heteroatoms. The first kappa shape index (κ1) is 23.5. The highest BCUT2D eigenvalue weighted by atomic mass is 32.2. The minimum atomic E-state index is -3.74. The van der Waals surface area contributed by atoms with E-state index in [2.05, 4.69) is 29.0 Å². The molecule has 1 aliphatic rings. The van der Waals surface area contributed by atoms with E-state index in [1.807, 2.05) is 71.4 Å². The normalized spacial score (nSPS) is 14.5. The van der Waals surface area contributed by atoms with E-state index in [0.29, 0.717) is 18.7 Å². The SMILES string of the molecule is O=S(=O)(NCCC(c1ccccc1)c1ccccc1)c1cn(C2CCCC2)nc1-c1ccccc1. The third kappa shape index (κ3) is 5.39. The molecule has 0 bridgehead atoms. The van der Waals surface area contributed by atoms with Crippen LogP contribution in [0.4, 0.5) is 0 Å². The highest BCUT2D eigenvalue weighted by molar-refractivity contribution is 7.89. The second-order valence-corrected chi connectivity index (χ2v) is 10.9. The fraction of sp³-hybridized carbons (Fsp3) is 0.276. The van der Waals surface area contributed by atoms with Crippen LogP contribution < -0.4 is 4.72 Å². The molecule has 5 rings (SSSR count). The van der Waals surface area contributed by atoms with Crippen LogP contribution in [0.5, 0.6) is 0 Å². The van der Waals surface area contributed by atoms with Gasteiger partial charge in [0.1, 0.15) is 10.6 Å². The number of sulfonamides is 1. The van der Waals surface area contributed by atoms with Crippen molar-refractivity contribution in [2.24, 2.45) is 0 Å². The quantitative estimate of drug-likeness (QED) is 0.309. The average molecular weight is 486 g/mol. The zero-order chi connectivity index (χ0) is 24.1. The summed E-state index contributed by atoms with van der Waals surface area (Å²) >= 11 is 0. The van der Waals surface area contributed by atoms with E-state index >= 15 is 0 Å². The Morgan fingerprint density at radius 1 is 0.829 bits per heavy atom. The molecule has 0 aliphatic heterocycles. The third-order valence-electron chi connectivity index (χ3n) is 6.86. The van der Waals surface area contributed by atoms with Gasteiger partial charge in [-0.15, -0.1) is 0 Å². The van der Waals surface area contributed by atoms with Crippen LogP contribution in [0.3, 0.4) is 0 Å². The maximum atomic E-state index is 13.5. The van der Waals surface area contributed by atoms with E-state index in [4.69, 9.17) is 5.10 Å². The lowest BCUT2D eigenvalue weighted by Crippen LogP contribution is -2.26. The summed E-state index contributed by atoms with van der Waals surface area (Å²) in [4.78, 5) is 0.256. The van der Waals surface area contributed by atoms with E-state index in [0.717, 1.165) is 31.2 Å². The molecule has 0 saturated heterocycles. The molecule has 1 fully saturated rings. The standard InChI is InChI=1S/C29H31N3O2S/c33-35(34,30-21-20-27(23-12-4-1-5-13-23)24-14-6-2-7-15-24)28-22-32(26-18-10-11-19-26)31-29(28)25-16-8-3-9-17-25/h1-9,12-17,22,26-27,30H,10-11,18-21H2. The van der Waals surface area contributed by atoms with Crippen molar-refractivity contribution in [1.82, 2.24) is 14.5 Å². The minimum Gasteiger partial charge on any atom is -0.268 e. The van der Waals surface area contributed by atoms with Crippen LogP contribution in [-0.4, -0.2) is 24.7 Å². The van der Waals surface area contributed by atoms with Gasteiger partial charge in [0, 0.05) is 24.2 Å². The summed E-state index contributed by atoms with van der Waals surface area (Å²) in [5.41, 5.74) is 3.69. The molecule has 1 heterocycles.